The van der Waals surface area contributed by atoms with Gasteiger partial charge in [0.2, 0.25) is 0 Å². The highest BCUT2D eigenvalue weighted by molar-refractivity contribution is 6.29. The first-order valence-corrected chi connectivity index (χ1v) is 19.1. The summed E-state index contributed by atoms with van der Waals surface area (Å²) in [6, 6.07) is 58.0. The molecule has 0 unspecified atom stereocenters. The van der Waals surface area contributed by atoms with Crippen LogP contribution in [0.1, 0.15) is 22.3 Å². The minimum atomic E-state index is 0.663. The van der Waals surface area contributed by atoms with Crippen molar-refractivity contribution in [3.05, 3.63) is 168 Å². The first kappa shape index (κ1) is 30.9. The number of hydrogen-bond acceptors (Lipinski definition) is 2. The molecule has 0 saturated heterocycles. The van der Waals surface area contributed by atoms with Crippen molar-refractivity contribution in [1.82, 2.24) is 0 Å². The second-order valence-corrected chi connectivity index (χ2v) is 15.5. The Bertz CT molecular complexity index is 3320. The average molecular weight is 707 g/mol. The number of nitriles is 2. The van der Waals surface area contributed by atoms with E-state index in [0.29, 0.717) is 11.1 Å². The highest BCUT2D eigenvalue weighted by atomic mass is 14.3. The molecule has 0 aliphatic heterocycles. The van der Waals surface area contributed by atoms with E-state index in [1.165, 1.54) is 98.4 Å². The Balaban J connectivity index is 1.28. The van der Waals surface area contributed by atoms with Crippen molar-refractivity contribution in [2.45, 2.75) is 13.8 Å². The lowest BCUT2D eigenvalue weighted by atomic mass is 9.83. The molecule has 10 aromatic rings. The van der Waals surface area contributed by atoms with Crippen molar-refractivity contribution in [2.24, 2.45) is 0 Å². The predicted octanol–water partition coefficient (Wildman–Crippen LogP) is 14.4. The predicted molar refractivity (Wildman–Crippen MR) is 233 cm³/mol. The fourth-order valence-electron chi connectivity index (χ4n) is 10.1. The van der Waals surface area contributed by atoms with E-state index in [9.17, 15) is 10.5 Å². The van der Waals surface area contributed by atoms with Crippen molar-refractivity contribution in [1.29, 1.82) is 10.5 Å². The summed E-state index contributed by atoms with van der Waals surface area (Å²) in [5, 5.41) is 31.9. The van der Waals surface area contributed by atoms with Crippen LogP contribution in [-0.4, -0.2) is 0 Å². The molecule has 0 radical (unpaired) electrons. The lowest BCUT2D eigenvalue weighted by Crippen LogP contribution is -1.94. The summed E-state index contributed by atoms with van der Waals surface area (Å²) in [4.78, 5) is 0. The Morgan fingerprint density at radius 1 is 0.304 bits per heavy atom. The highest BCUT2D eigenvalue weighted by Crippen LogP contribution is 2.54. The van der Waals surface area contributed by atoms with Crippen LogP contribution < -0.4 is 0 Å². The smallest absolute Gasteiger partial charge is 0.0991 e. The molecule has 2 aliphatic rings. The zero-order valence-corrected chi connectivity index (χ0v) is 30.8. The van der Waals surface area contributed by atoms with Crippen molar-refractivity contribution in [3.63, 3.8) is 0 Å². The number of rotatable bonds is 2. The minimum absolute atomic E-state index is 0.663. The monoisotopic (exact) mass is 706 g/mol. The van der Waals surface area contributed by atoms with Crippen LogP contribution in [0.3, 0.4) is 0 Å². The van der Waals surface area contributed by atoms with E-state index < -0.39 is 0 Å². The fraction of sp³-hybridized carbons (Fsp3) is 0.0370. The first-order valence-electron chi connectivity index (χ1n) is 19.1. The molecule has 0 bridgehead atoms. The molecule has 0 heterocycles. The number of benzene rings is 10. The van der Waals surface area contributed by atoms with Gasteiger partial charge in [-0.15, -0.1) is 0 Å². The number of hydrogen-bond donors (Lipinski definition) is 0. The lowest BCUT2D eigenvalue weighted by molar-refractivity contribution is 1.42. The maximum atomic E-state index is 9.82. The lowest BCUT2D eigenvalue weighted by Gasteiger charge is -2.20. The van der Waals surface area contributed by atoms with Crippen LogP contribution >= 0.6 is 0 Å². The molecule has 2 heteroatoms. The molecular formula is C54H30N2. The van der Waals surface area contributed by atoms with Gasteiger partial charge < -0.3 is 0 Å². The SMILES string of the molecule is Cc1cc(C#N)ccc1-c1cc2c3cc4c(cc3c(-c3ccc(C#N)cc3C)cc2c2cc3c(cc12)-c1cccc2cccc-3c12)-c1cccc2cccc-4c12. The van der Waals surface area contributed by atoms with Gasteiger partial charge in [-0.3, -0.25) is 0 Å². The Kier molecular flexibility index (Phi) is 6.08. The molecule has 0 saturated carbocycles. The second kappa shape index (κ2) is 11.0. The third-order valence-electron chi connectivity index (χ3n) is 12.6. The summed E-state index contributed by atoms with van der Waals surface area (Å²) >= 11 is 0. The molecule has 0 atom stereocenters. The van der Waals surface area contributed by atoms with Crippen molar-refractivity contribution < 1.29 is 0 Å². The Morgan fingerprint density at radius 3 is 0.964 bits per heavy atom. The summed E-state index contributed by atoms with van der Waals surface area (Å²) in [6.07, 6.45) is 0. The van der Waals surface area contributed by atoms with Crippen LogP contribution in [-0.2, 0) is 0 Å². The molecule has 0 amide bonds. The van der Waals surface area contributed by atoms with Crippen LogP contribution in [0.25, 0.3) is 121 Å². The molecule has 2 aliphatic carbocycles. The van der Waals surface area contributed by atoms with E-state index in [1.807, 2.05) is 24.3 Å². The van der Waals surface area contributed by atoms with Gasteiger partial charge in [-0.1, -0.05) is 84.9 Å². The van der Waals surface area contributed by atoms with Gasteiger partial charge in [-0.05, 0) is 206 Å². The second-order valence-electron chi connectivity index (χ2n) is 15.5. The van der Waals surface area contributed by atoms with Gasteiger partial charge in [0.15, 0.2) is 0 Å². The van der Waals surface area contributed by atoms with Gasteiger partial charge in [-0.2, -0.15) is 10.5 Å². The van der Waals surface area contributed by atoms with Gasteiger partial charge in [-0.25, -0.2) is 0 Å². The van der Waals surface area contributed by atoms with E-state index in [1.54, 1.807) is 0 Å². The first-order chi connectivity index (χ1) is 27.5. The van der Waals surface area contributed by atoms with Gasteiger partial charge >= 0.3 is 0 Å². The maximum Gasteiger partial charge on any atom is 0.0991 e. The number of fused-ring (bicyclic) bond motifs is 11. The molecule has 0 fully saturated rings. The van der Waals surface area contributed by atoms with E-state index in [4.69, 9.17) is 0 Å². The molecule has 56 heavy (non-hydrogen) atoms. The summed E-state index contributed by atoms with van der Waals surface area (Å²) in [5.74, 6) is 0. The third-order valence-corrected chi connectivity index (χ3v) is 12.6. The normalized spacial score (nSPS) is 12.1. The molecule has 256 valence electrons. The van der Waals surface area contributed by atoms with Gasteiger partial charge in [0.25, 0.3) is 0 Å². The quantitative estimate of drug-likeness (QED) is 0.168. The van der Waals surface area contributed by atoms with E-state index in [2.05, 4.69) is 147 Å². The van der Waals surface area contributed by atoms with Crippen LogP contribution in [0.5, 0.6) is 0 Å². The average Bonchev–Trinajstić information content (AvgIpc) is 3.72. The molecule has 0 aromatic heterocycles. The Morgan fingerprint density at radius 2 is 0.625 bits per heavy atom. The van der Waals surface area contributed by atoms with E-state index in [0.717, 1.165) is 33.4 Å². The van der Waals surface area contributed by atoms with Gasteiger partial charge in [0.05, 0.1) is 23.3 Å². The van der Waals surface area contributed by atoms with Crippen LogP contribution in [0.15, 0.2) is 146 Å². The van der Waals surface area contributed by atoms with Gasteiger partial charge in [0, 0.05) is 0 Å². The zero-order valence-electron chi connectivity index (χ0n) is 30.8. The Hall–Kier alpha value is -7.52. The van der Waals surface area contributed by atoms with Crippen LogP contribution in [0.2, 0.25) is 0 Å². The van der Waals surface area contributed by atoms with E-state index in [-0.39, 0.29) is 0 Å². The summed E-state index contributed by atoms with van der Waals surface area (Å²) < 4.78 is 0. The standard InChI is InChI=1S/C54H30N2/c1-29-19-31(27-55)15-17-35(29)41-21-49-50(51-25-45-39-13-5-9-33-7-3-11-37(53(33)39)43(45)23-47(41)51)22-42(36-18-16-32(28-56)20-30(36)2)48-24-44-38-12-4-8-34-10-6-14-40(54(34)38)46(44)26-52(48)49/h3-26H,1-2H3. The molecule has 2 nitrogen and oxygen atoms in total. The molecule has 10 aromatic carbocycles. The van der Waals surface area contributed by atoms with E-state index >= 15 is 0 Å². The summed E-state index contributed by atoms with van der Waals surface area (Å²) in [5.41, 5.74) is 18.2. The zero-order chi connectivity index (χ0) is 37.4. The maximum absolute atomic E-state index is 9.82. The fourth-order valence-corrected chi connectivity index (χ4v) is 10.1. The molecular weight excluding hydrogens is 677 g/mol. The largest absolute Gasteiger partial charge is 0.192 e. The molecule has 12 rings (SSSR count). The topological polar surface area (TPSA) is 47.6 Å². The van der Waals surface area contributed by atoms with Crippen molar-refractivity contribution in [3.8, 4) is 78.9 Å². The van der Waals surface area contributed by atoms with Crippen LogP contribution in [0, 0.1) is 36.5 Å². The van der Waals surface area contributed by atoms with Crippen molar-refractivity contribution >= 4 is 53.9 Å². The molecule has 0 N–H and O–H groups in total. The highest BCUT2D eigenvalue weighted by Gasteiger charge is 2.27. The molecule has 0 spiro atoms. The van der Waals surface area contributed by atoms with Crippen molar-refractivity contribution in [2.75, 3.05) is 0 Å². The third kappa shape index (κ3) is 4.03. The number of nitrogens with zero attached hydrogens (tertiary/aromatic N) is 2. The van der Waals surface area contributed by atoms with Crippen LogP contribution in [0.4, 0.5) is 0 Å². The Labute approximate surface area is 323 Å². The summed E-state index contributed by atoms with van der Waals surface area (Å²) in [7, 11) is 0. The minimum Gasteiger partial charge on any atom is -0.192 e. The summed E-state index contributed by atoms with van der Waals surface area (Å²) in [6.45, 7) is 4.24. The van der Waals surface area contributed by atoms with Gasteiger partial charge in [0.1, 0.15) is 0 Å². The number of aryl methyl sites for hydroxylation is 2.